The van der Waals surface area contributed by atoms with Gasteiger partial charge in [-0.15, -0.1) is 0 Å². The van der Waals surface area contributed by atoms with Crippen LogP contribution in [0.2, 0.25) is 0 Å². The van der Waals surface area contributed by atoms with Crippen LogP contribution in [0.1, 0.15) is 17.1 Å². The van der Waals surface area contributed by atoms with Crippen molar-refractivity contribution in [3.63, 3.8) is 0 Å². The molecular weight excluding hydrogens is 248 g/mol. The molecule has 0 fully saturated rings. The number of hydrogen-bond donors (Lipinski definition) is 1. The van der Waals surface area contributed by atoms with Gasteiger partial charge < -0.3 is 9.88 Å². The number of hydrogen-bond acceptors (Lipinski definition) is 3. The Balaban J connectivity index is 1.68. The molecule has 0 saturated heterocycles. The summed E-state index contributed by atoms with van der Waals surface area (Å²) in [5, 5.41) is 3.42. The highest BCUT2D eigenvalue weighted by atomic mass is 15.1. The number of fused-ring (bicyclic) bond motifs is 1. The summed E-state index contributed by atoms with van der Waals surface area (Å²) in [7, 11) is 2.06. The number of rotatable bonds is 4. The number of nitrogens with zero attached hydrogens (tertiary/aromatic N) is 3. The van der Waals surface area contributed by atoms with Crippen LogP contribution < -0.4 is 5.32 Å². The first-order valence-corrected chi connectivity index (χ1v) is 6.76. The van der Waals surface area contributed by atoms with Crippen LogP contribution in [0.5, 0.6) is 0 Å². The second-order valence-electron chi connectivity index (χ2n) is 4.99. The lowest BCUT2D eigenvalue weighted by Crippen LogP contribution is -2.15. The molecule has 0 atom stereocenters. The van der Waals surface area contributed by atoms with Gasteiger partial charge in [0.2, 0.25) is 0 Å². The van der Waals surface area contributed by atoms with E-state index in [2.05, 4.69) is 39.0 Å². The Hall–Kier alpha value is -2.20. The molecule has 0 aliphatic rings. The van der Waals surface area contributed by atoms with Gasteiger partial charge in [-0.3, -0.25) is 4.98 Å². The first-order chi connectivity index (χ1) is 9.74. The standard InChI is InChI=1S/C16H18N4/c1-12-7-8-13(10-18-12)9-17-11-16-19-14-5-3-4-6-15(14)20(16)2/h3-8,10,17H,9,11H2,1-2H3. The second-order valence-corrected chi connectivity index (χ2v) is 4.99. The van der Waals surface area contributed by atoms with Gasteiger partial charge in [0.05, 0.1) is 17.6 Å². The van der Waals surface area contributed by atoms with Crippen LogP contribution in [-0.2, 0) is 20.1 Å². The van der Waals surface area contributed by atoms with E-state index in [4.69, 9.17) is 0 Å². The molecular formula is C16H18N4. The zero-order valence-electron chi connectivity index (χ0n) is 11.8. The van der Waals surface area contributed by atoms with Crippen molar-refractivity contribution in [2.24, 2.45) is 7.05 Å². The van der Waals surface area contributed by atoms with Gasteiger partial charge in [0.1, 0.15) is 5.82 Å². The molecule has 0 unspecified atom stereocenters. The van der Waals surface area contributed by atoms with E-state index in [1.165, 1.54) is 11.1 Å². The molecule has 1 N–H and O–H groups in total. The van der Waals surface area contributed by atoms with Crippen LogP contribution in [-0.4, -0.2) is 14.5 Å². The largest absolute Gasteiger partial charge is 0.330 e. The molecule has 4 heteroatoms. The number of imidazole rings is 1. The lowest BCUT2D eigenvalue weighted by molar-refractivity contribution is 0.642. The predicted molar refractivity (Wildman–Crippen MR) is 80.2 cm³/mol. The van der Waals surface area contributed by atoms with Crippen molar-refractivity contribution < 1.29 is 0 Å². The van der Waals surface area contributed by atoms with Gasteiger partial charge in [-0.05, 0) is 30.7 Å². The van der Waals surface area contributed by atoms with Gasteiger partial charge in [-0.2, -0.15) is 0 Å². The highest BCUT2D eigenvalue weighted by molar-refractivity contribution is 5.75. The monoisotopic (exact) mass is 266 g/mol. The van der Waals surface area contributed by atoms with E-state index in [1.54, 1.807) is 0 Å². The minimum Gasteiger partial charge on any atom is -0.330 e. The first kappa shape index (κ1) is 12.8. The van der Waals surface area contributed by atoms with Crippen molar-refractivity contribution in [1.82, 2.24) is 19.9 Å². The molecule has 0 radical (unpaired) electrons. The molecule has 0 aliphatic heterocycles. The molecule has 0 saturated carbocycles. The minimum absolute atomic E-state index is 0.749. The third-order valence-electron chi connectivity index (χ3n) is 3.46. The summed E-state index contributed by atoms with van der Waals surface area (Å²) < 4.78 is 2.13. The molecule has 3 rings (SSSR count). The Morgan fingerprint density at radius 2 is 1.95 bits per heavy atom. The summed E-state index contributed by atoms with van der Waals surface area (Å²) in [5.41, 5.74) is 4.45. The Bertz CT molecular complexity index is 713. The molecule has 20 heavy (non-hydrogen) atoms. The highest BCUT2D eigenvalue weighted by Crippen LogP contribution is 2.14. The van der Waals surface area contributed by atoms with E-state index in [-0.39, 0.29) is 0 Å². The second kappa shape index (κ2) is 5.43. The fourth-order valence-corrected chi connectivity index (χ4v) is 2.28. The van der Waals surface area contributed by atoms with E-state index in [0.29, 0.717) is 0 Å². The topological polar surface area (TPSA) is 42.7 Å². The summed E-state index contributed by atoms with van der Waals surface area (Å²) in [6.07, 6.45) is 1.91. The number of para-hydroxylation sites is 2. The molecule has 4 nitrogen and oxygen atoms in total. The summed E-state index contributed by atoms with van der Waals surface area (Å²) in [5.74, 6) is 1.05. The number of aryl methyl sites for hydroxylation is 2. The summed E-state index contributed by atoms with van der Waals surface area (Å²) in [4.78, 5) is 8.94. The maximum atomic E-state index is 4.64. The zero-order valence-corrected chi connectivity index (χ0v) is 11.8. The van der Waals surface area contributed by atoms with Crippen molar-refractivity contribution >= 4 is 11.0 Å². The van der Waals surface area contributed by atoms with Crippen molar-refractivity contribution in [2.75, 3.05) is 0 Å². The zero-order chi connectivity index (χ0) is 13.9. The van der Waals surface area contributed by atoms with Gasteiger partial charge >= 0.3 is 0 Å². The predicted octanol–water partition coefficient (Wildman–Crippen LogP) is 2.57. The van der Waals surface area contributed by atoms with Crippen molar-refractivity contribution in [1.29, 1.82) is 0 Å². The normalized spacial score (nSPS) is 11.1. The molecule has 2 aromatic heterocycles. The third-order valence-corrected chi connectivity index (χ3v) is 3.46. The lowest BCUT2D eigenvalue weighted by atomic mass is 10.2. The summed E-state index contributed by atoms with van der Waals surface area (Å²) in [6, 6.07) is 12.3. The van der Waals surface area contributed by atoms with Gasteiger partial charge in [0.25, 0.3) is 0 Å². The van der Waals surface area contributed by atoms with Gasteiger partial charge in [0.15, 0.2) is 0 Å². The molecule has 0 bridgehead atoms. The Labute approximate surface area is 118 Å². The van der Waals surface area contributed by atoms with Gasteiger partial charge in [-0.25, -0.2) is 4.98 Å². The van der Waals surface area contributed by atoms with E-state index >= 15 is 0 Å². The van der Waals surface area contributed by atoms with Crippen LogP contribution in [0.25, 0.3) is 11.0 Å². The van der Waals surface area contributed by atoms with Crippen LogP contribution in [0, 0.1) is 6.92 Å². The van der Waals surface area contributed by atoms with E-state index in [9.17, 15) is 0 Å². The third kappa shape index (κ3) is 2.56. The molecule has 0 aliphatic carbocycles. The van der Waals surface area contributed by atoms with E-state index < -0.39 is 0 Å². The van der Waals surface area contributed by atoms with Crippen molar-refractivity contribution in [2.45, 2.75) is 20.0 Å². The van der Waals surface area contributed by atoms with E-state index in [1.807, 2.05) is 37.4 Å². The minimum atomic E-state index is 0.749. The van der Waals surface area contributed by atoms with Crippen molar-refractivity contribution in [3.05, 3.63) is 59.7 Å². The number of nitrogens with one attached hydrogen (secondary N) is 1. The molecule has 102 valence electrons. The fourth-order valence-electron chi connectivity index (χ4n) is 2.28. The molecule has 3 aromatic rings. The lowest BCUT2D eigenvalue weighted by Gasteiger charge is -2.05. The van der Waals surface area contributed by atoms with Crippen molar-refractivity contribution in [3.8, 4) is 0 Å². The Morgan fingerprint density at radius 1 is 1.10 bits per heavy atom. The first-order valence-electron chi connectivity index (χ1n) is 6.76. The summed E-state index contributed by atoms with van der Waals surface area (Å²) in [6.45, 7) is 3.55. The maximum absolute atomic E-state index is 4.64. The average molecular weight is 266 g/mol. The SMILES string of the molecule is Cc1ccc(CNCc2nc3ccccc3n2C)cn1. The number of benzene rings is 1. The quantitative estimate of drug-likeness (QED) is 0.789. The van der Waals surface area contributed by atoms with Crippen LogP contribution in [0.15, 0.2) is 42.6 Å². The molecule has 0 amide bonds. The van der Waals surface area contributed by atoms with Crippen LogP contribution in [0.4, 0.5) is 0 Å². The van der Waals surface area contributed by atoms with E-state index in [0.717, 1.165) is 30.1 Å². The smallest absolute Gasteiger partial charge is 0.123 e. The van der Waals surface area contributed by atoms with Crippen LogP contribution >= 0.6 is 0 Å². The summed E-state index contributed by atoms with van der Waals surface area (Å²) >= 11 is 0. The molecule has 0 spiro atoms. The maximum Gasteiger partial charge on any atom is 0.123 e. The fraction of sp³-hybridized carbons (Fsp3) is 0.250. The highest BCUT2D eigenvalue weighted by Gasteiger charge is 2.06. The number of aromatic nitrogens is 3. The average Bonchev–Trinajstić information content (AvgIpc) is 2.78. The molecule has 2 heterocycles. The van der Waals surface area contributed by atoms with Gasteiger partial charge in [-0.1, -0.05) is 18.2 Å². The van der Waals surface area contributed by atoms with Crippen LogP contribution in [0.3, 0.4) is 0 Å². The Morgan fingerprint density at radius 3 is 2.70 bits per heavy atom. The Kier molecular flexibility index (Phi) is 3.48. The van der Waals surface area contributed by atoms with Gasteiger partial charge in [0, 0.05) is 25.5 Å². The number of pyridine rings is 1. The molecule has 1 aromatic carbocycles.